The van der Waals surface area contributed by atoms with Crippen LogP contribution < -0.4 is 11.1 Å². The van der Waals surface area contributed by atoms with Gasteiger partial charge in [0, 0.05) is 12.0 Å². The molecule has 1 aliphatic rings. The molecule has 4 N–H and O–H groups in total. The van der Waals surface area contributed by atoms with Gasteiger partial charge in [-0.1, -0.05) is 36.3 Å². The van der Waals surface area contributed by atoms with E-state index in [-0.39, 0.29) is 12.3 Å². The number of amidine groups is 1. The highest BCUT2D eigenvalue weighted by atomic mass is 16.7. The number of nitrogens with one attached hydrogen (secondary N) is 2. The molecule has 8 nitrogen and oxygen atoms in total. The normalized spacial score (nSPS) is 20.3. The summed E-state index contributed by atoms with van der Waals surface area (Å²) in [6.45, 7) is 3.30. The highest BCUT2D eigenvalue weighted by Crippen LogP contribution is 2.29. The van der Waals surface area contributed by atoms with Crippen molar-refractivity contribution >= 4 is 23.7 Å². The molecule has 3 amide bonds. The Morgan fingerprint density at radius 3 is 2.48 bits per heavy atom. The minimum Gasteiger partial charge on any atom is -0.384 e. The Hall–Kier alpha value is -2.90. The number of hydrogen-bond donors (Lipinski definition) is 3. The molecule has 0 aliphatic carbocycles. The number of rotatable bonds is 5. The summed E-state index contributed by atoms with van der Waals surface area (Å²) < 4.78 is 0. The zero-order valence-electron chi connectivity index (χ0n) is 12.9. The molecular weight excluding hydrogens is 300 g/mol. The molecule has 1 saturated heterocycles. The molecule has 1 unspecified atom stereocenters. The van der Waals surface area contributed by atoms with E-state index in [1.165, 1.54) is 6.92 Å². The lowest BCUT2D eigenvalue weighted by Crippen LogP contribution is -2.41. The number of carbonyl (C=O) groups excluding carboxylic acids is 3. The number of nitrogen functional groups attached to an aromatic ring is 1. The summed E-state index contributed by atoms with van der Waals surface area (Å²) in [5.74, 6) is -1.42. The van der Waals surface area contributed by atoms with Crippen LogP contribution in [0.4, 0.5) is 4.79 Å². The zero-order valence-corrected chi connectivity index (χ0v) is 12.9. The molecule has 0 radical (unpaired) electrons. The molecule has 122 valence electrons. The average Bonchev–Trinajstić information content (AvgIpc) is 2.72. The summed E-state index contributed by atoms with van der Waals surface area (Å²) in [7, 11) is 0. The number of amides is 3. The van der Waals surface area contributed by atoms with Crippen molar-refractivity contribution in [2.24, 2.45) is 5.73 Å². The van der Waals surface area contributed by atoms with Gasteiger partial charge in [0.15, 0.2) is 0 Å². The monoisotopic (exact) mass is 318 g/mol. The lowest BCUT2D eigenvalue weighted by molar-refractivity contribution is -0.184. The largest absolute Gasteiger partial charge is 0.384 e. The van der Waals surface area contributed by atoms with Crippen molar-refractivity contribution in [2.45, 2.75) is 32.2 Å². The van der Waals surface area contributed by atoms with Gasteiger partial charge in [0.25, 0.3) is 5.91 Å². The van der Waals surface area contributed by atoms with E-state index < -0.39 is 23.4 Å². The van der Waals surface area contributed by atoms with E-state index in [2.05, 4.69) is 5.32 Å². The first-order chi connectivity index (χ1) is 10.8. The molecule has 0 saturated carbocycles. The Labute approximate surface area is 133 Å². The first-order valence-corrected chi connectivity index (χ1v) is 7.12. The number of hydroxylamine groups is 2. The Bertz CT molecular complexity index is 671. The molecular formula is C15H18N4O4. The van der Waals surface area contributed by atoms with Crippen molar-refractivity contribution in [1.82, 2.24) is 10.4 Å². The third kappa shape index (κ3) is 3.01. The van der Waals surface area contributed by atoms with E-state index in [1.807, 2.05) is 0 Å². The number of nitrogens with two attached hydrogens (primary N) is 1. The molecule has 1 aromatic carbocycles. The molecule has 23 heavy (non-hydrogen) atoms. The van der Waals surface area contributed by atoms with Crippen LogP contribution in [0.5, 0.6) is 0 Å². The highest BCUT2D eigenvalue weighted by molar-refractivity contribution is 6.07. The number of urea groups is 1. The molecule has 0 aromatic heterocycles. The van der Waals surface area contributed by atoms with Crippen molar-refractivity contribution in [3.8, 4) is 0 Å². The van der Waals surface area contributed by atoms with E-state index in [1.54, 1.807) is 31.2 Å². The van der Waals surface area contributed by atoms with Crippen LogP contribution in [0.2, 0.25) is 0 Å². The molecule has 2 rings (SSSR count). The van der Waals surface area contributed by atoms with Crippen molar-refractivity contribution in [2.75, 3.05) is 0 Å². The topological polar surface area (TPSA) is 126 Å². The van der Waals surface area contributed by atoms with Crippen LogP contribution in [0.3, 0.4) is 0 Å². The molecule has 1 atom stereocenters. The van der Waals surface area contributed by atoms with Gasteiger partial charge in [-0.3, -0.25) is 10.2 Å². The Morgan fingerprint density at radius 1 is 1.35 bits per heavy atom. The molecule has 1 aromatic rings. The van der Waals surface area contributed by atoms with Crippen molar-refractivity contribution in [3.63, 3.8) is 0 Å². The standard InChI is InChI=1S/C15H18N4O4/c1-3-4-11(20)23-19-13(21)15(2,18-14(19)22)10-7-5-9(6-8-10)12(16)17/h5-8H,3-4H2,1-2H3,(H3,16,17)(H,18,22). The highest BCUT2D eigenvalue weighted by Gasteiger charge is 2.51. The fourth-order valence-corrected chi connectivity index (χ4v) is 2.23. The lowest BCUT2D eigenvalue weighted by atomic mass is 9.91. The van der Waals surface area contributed by atoms with Crippen molar-refractivity contribution in [1.29, 1.82) is 5.41 Å². The van der Waals surface area contributed by atoms with Gasteiger partial charge >= 0.3 is 12.0 Å². The fraction of sp³-hybridized carbons (Fsp3) is 0.333. The maximum atomic E-state index is 12.5. The molecule has 0 bridgehead atoms. The average molecular weight is 318 g/mol. The summed E-state index contributed by atoms with van der Waals surface area (Å²) in [6, 6.07) is 5.54. The van der Waals surface area contributed by atoms with Crippen LogP contribution in [0, 0.1) is 5.41 Å². The molecule has 1 fully saturated rings. The van der Waals surface area contributed by atoms with Gasteiger partial charge in [0.2, 0.25) is 0 Å². The van der Waals surface area contributed by atoms with E-state index in [0.717, 1.165) is 0 Å². The fourth-order valence-electron chi connectivity index (χ4n) is 2.23. The van der Waals surface area contributed by atoms with Crippen LogP contribution >= 0.6 is 0 Å². The van der Waals surface area contributed by atoms with Crippen LogP contribution in [-0.4, -0.2) is 28.8 Å². The van der Waals surface area contributed by atoms with Gasteiger partial charge in [-0.15, -0.1) is 0 Å². The van der Waals surface area contributed by atoms with E-state index in [4.69, 9.17) is 16.0 Å². The number of imide groups is 1. The zero-order chi connectivity index (χ0) is 17.2. The Morgan fingerprint density at radius 2 is 1.96 bits per heavy atom. The summed E-state index contributed by atoms with van der Waals surface area (Å²) in [5.41, 5.74) is 5.03. The van der Waals surface area contributed by atoms with Gasteiger partial charge in [0.05, 0.1) is 0 Å². The second kappa shape index (κ2) is 6.07. The summed E-state index contributed by atoms with van der Waals surface area (Å²) in [4.78, 5) is 40.8. The predicted molar refractivity (Wildman–Crippen MR) is 81.2 cm³/mol. The lowest BCUT2D eigenvalue weighted by Gasteiger charge is -2.21. The molecule has 1 aliphatic heterocycles. The van der Waals surface area contributed by atoms with E-state index in [0.29, 0.717) is 22.6 Å². The van der Waals surface area contributed by atoms with Crippen LogP contribution in [0.15, 0.2) is 24.3 Å². The summed E-state index contributed by atoms with van der Waals surface area (Å²) in [5, 5.41) is 10.3. The molecule has 8 heteroatoms. The summed E-state index contributed by atoms with van der Waals surface area (Å²) >= 11 is 0. The maximum Gasteiger partial charge on any atom is 0.359 e. The molecule has 1 heterocycles. The second-order valence-corrected chi connectivity index (χ2v) is 5.36. The first kappa shape index (κ1) is 16.5. The predicted octanol–water partition coefficient (Wildman–Crippen LogP) is 0.996. The van der Waals surface area contributed by atoms with Crippen molar-refractivity contribution < 1.29 is 19.2 Å². The van der Waals surface area contributed by atoms with Gasteiger partial charge in [0.1, 0.15) is 11.4 Å². The quantitative estimate of drug-likeness (QED) is 0.424. The Balaban J connectivity index is 2.25. The first-order valence-electron chi connectivity index (χ1n) is 7.12. The summed E-state index contributed by atoms with van der Waals surface area (Å²) in [6.07, 6.45) is 0.660. The number of carbonyl (C=O) groups is 3. The van der Waals surface area contributed by atoms with Gasteiger partial charge in [-0.05, 0) is 18.9 Å². The van der Waals surface area contributed by atoms with Crippen molar-refractivity contribution in [3.05, 3.63) is 35.4 Å². The SMILES string of the molecule is CCCC(=O)ON1C(=O)NC(C)(c2ccc(C(=N)N)cc2)C1=O. The van der Waals surface area contributed by atoms with Gasteiger partial charge in [-0.25, -0.2) is 9.59 Å². The second-order valence-electron chi connectivity index (χ2n) is 5.36. The third-order valence-electron chi connectivity index (χ3n) is 3.57. The van der Waals surface area contributed by atoms with Crippen LogP contribution in [0.1, 0.15) is 37.8 Å². The number of hydrogen-bond acceptors (Lipinski definition) is 5. The van der Waals surface area contributed by atoms with Gasteiger partial charge < -0.3 is 15.9 Å². The van der Waals surface area contributed by atoms with Gasteiger partial charge in [-0.2, -0.15) is 0 Å². The minimum atomic E-state index is -1.35. The van der Waals surface area contributed by atoms with E-state index >= 15 is 0 Å². The minimum absolute atomic E-state index is 0.0985. The van der Waals surface area contributed by atoms with Crippen LogP contribution in [-0.2, 0) is 20.0 Å². The number of benzene rings is 1. The molecule has 0 spiro atoms. The maximum absolute atomic E-state index is 12.5. The Kier molecular flexibility index (Phi) is 4.35. The third-order valence-corrected chi connectivity index (χ3v) is 3.57. The number of nitrogens with zero attached hydrogens (tertiary/aromatic N) is 1. The van der Waals surface area contributed by atoms with E-state index in [9.17, 15) is 14.4 Å². The smallest absolute Gasteiger partial charge is 0.359 e. The van der Waals surface area contributed by atoms with Crippen LogP contribution in [0.25, 0.3) is 0 Å².